The van der Waals surface area contributed by atoms with Crippen LogP contribution in [0.4, 0.5) is 0 Å². The molecule has 0 unspecified atom stereocenters. The van der Waals surface area contributed by atoms with Crippen molar-refractivity contribution in [2.45, 2.75) is 145 Å². The van der Waals surface area contributed by atoms with Crippen molar-refractivity contribution in [3.05, 3.63) is 168 Å². The molecule has 0 heterocycles. The second-order valence-corrected chi connectivity index (χ2v) is 26.0. The first-order valence-electron chi connectivity index (χ1n) is 22.6. The molecule has 0 aliphatic rings. The molecular weight excluding hydrogens is 870 g/mol. The molecule has 0 fully saturated rings. The van der Waals surface area contributed by atoms with Crippen molar-refractivity contribution in [3.8, 4) is 11.5 Å². The normalized spacial score (nSPS) is 11.8. The van der Waals surface area contributed by atoms with Crippen LogP contribution < -0.4 is 52.3 Å². The van der Waals surface area contributed by atoms with Crippen LogP contribution in [0.15, 0.2) is 146 Å². The zero-order valence-corrected chi connectivity index (χ0v) is 45.7. The molecule has 0 saturated carbocycles. The van der Waals surface area contributed by atoms with Gasteiger partial charge in [-0.1, -0.05) is 207 Å². The van der Waals surface area contributed by atoms with E-state index in [1.165, 1.54) is 32.3 Å². The van der Waals surface area contributed by atoms with Crippen molar-refractivity contribution in [2.75, 3.05) is 0 Å². The summed E-state index contributed by atoms with van der Waals surface area (Å²) in [6.07, 6.45) is -0.833. The van der Waals surface area contributed by atoms with Crippen molar-refractivity contribution in [1.29, 1.82) is 0 Å². The van der Waals surface area contributed by atoms with Crippen LogP contribution in [0.1, 0.15) is 133 Å². The van der Waals surface area contributed by atoms with Crippen LogP contribution >= 0.6 is 15.8 Å². The molecule has 6 rings (SSSR count). The molecule has 344 valence electrons. The van der Waals surface area contributed by atoms with Crippen LogP contribution in [0.3, 0.4) is 0 Å². The van der Waals surface area contributed by atoms with Crippen molar-refractivity contribution < 1.29 is 42.1 Å². The fraction of sp³-hybridized carbons (Fsp3) is 0.379. The van der Waals surface area contributed by atoms with Gasteiger partial charge in [0.25, 0.3) is 0 Å². The Hall–Kier alpha value is -3.59. The molecule has 0 aliphatic carbocycles. The Morgan fingerprint density at radius 3 is 0.723 bits per heavy atom. The molecule has 0 saturated heterocycles. The summed E-state index contributed by atoms with van der Waals surface area (Å²) < 4.78 is 0. The van der Waals surface area contributed by atoms with E-state index >= 15 is 0 Å². The summed E-state index contributed by atoms with van der Waals surface area (Å²) in [4.78, 5) is 0. The third kappa shape index (κ3) is 17.5. The fourth-order valence-corrected chi connectivity index (χ4v) is 12.3. The van der Waals surface area contributed by atoms with Crippen LogP contribution in [0.5, 0.6) is 11.5 Å². The summed E-state index contributed by atoms with van der Waals surface area (Å²) in [6.45, 7) is 32.6. The van der Waals surface area contributed by atoms with Crippen LogP contribution in [0.25, 0.3) is 0 Å². The molecule has 0 spiro atoms. The number of benzene rings is 6. The van der Waals surface area contributed by atoms with Gasteiger partial charge in [0.15, 0.2) is 0 Å². The van der Waals surface area contributed by atoms with Gasteiger partial charge in [-0.05, 0) is 105 Å². The molecule has 4 nitrogen and oxygen atoms in total. The van der Waals surface area contributed by atoms with Gasteiger partial charge in [0.05, 0.1) is 26.5 Å². The summed E-state index contributed by atoms with van der Waals surface area (Å²) in [5.41, 5.74) is 3.92. The van der Waals surface area contributed by atoms with E-state index in [2.05, 4.69) is 204 Å². The molecular formula is C58H76O4P2Ti+2. The molecule has 0 atom stereocenters. The Kier molecular flexibility index (Phi) is 22.1. The summed E-state index contributed by atoms with van der Waals surface area (Å²) >= 11 is 0. The third-order valence-corrected chi connectivity index (χ3v) is 15.8. The molecule has 0 amide bonds. The van der Waals surface area contributed by atoms with E-state index in [4.69, 9.17) is 0 Å². The van der Waals surface area contributed by atoms with Gasteiger partial charge in [0, 0.05) is 0 Å². The van der Waals surface area contributed by atoms with E-state index in [1.54, 1.807) is 27.7 Å². The van der Waals surface area contributed by atoms with Crippen LogP contribution in [-0.2, 0) is 43.4 Å². The van der Waals surface area contributed by atoms with Gasteiger partial charge < -0.3 is 20.4 Å². The molecule has 0 bridgehead atoms. The van der Waals surface area contributed by atoms with Gasteiger partial charge >= 0.3 is 21.7 Å². The van der Waals surface area contributed by atoms with Gasteiger partial charge in [-0.15, -0.1) is 12.2 Å². The Morgan fingerprint density at radius 1 is 0.354 bits per heavy atom. The molecule has 6 aromatic carbocycles. The van der Waals surface area contributed by atoms with E-state index < -0.39 is 28.1 Å². The van der Waals surface area contributed by atoms with Crippen LogP contribution in [0, 0.1) is 0 Å². The summed E-state index contributed by atoms with van der Waals surface area (Å²) in [5, 5.41) is 53.4. The maximum atomic E-state index is 13.7. The Balaban J connectivity index is 0.000000378. The van der Waals surface area contributed by atoms with Gasteiger partial charge in [-0.3, -0.25) is 0 Å². The Bertz CT molecular complexity index is 2050. The molecule has 0 N–H and O–H groups in total. The predicted octanol–water partition coefficient (Wildman–Crippen LogP) is 9.20. The zero-order chi connectivity index (χ0) is 48.2. The van der Waals surface area contributed by atoms with Crippen molar-refractivity contribution >= 4 is 47.7 Å². The number of rotatable bonds is 6. The first kappa shape index (κ1) is 57.5. The quantitative estimate of drug-likeness (QED) is 0.123. The van der Waals surface area contributed by atoms with E-state index in [0.717, 1.165) is 21.7 Å². The largest absolute Gasteiger partial charge is 4.00 e. The standard InChI is InChI=1S/2C26H31OP.2C3H7O.Ti/c2*1-25(2,3)19-17-22(26(4,5)6)24(27)23(18-19)28(20-13-9-7-10-14-20)21-15-11-8-12-16-21;2*1-3(2)4;/h2*7-18,27H,1-6H3;2*3H,1-2H3;/q;;2*-1;+4. The molecule has 0 aliphatic heterocycles. The second-order valence-electron chi connectivity index (χ2n) is 21.1. The topological polar surface area (TPSA) is 92.2 Å². The first-order chi connectivity index (χ1) is 29.6. The number of hydrogen-bond donors (Lipinski definition) is 0. The number of hydrogen-bond acceptors (Lipinski definition) is 4. The van der Waals surface area contributed by atoms with Gasteiger partial charge in [0.1, 0.15) is 21.2 Å². The first-order valence-corrected chi connectivity index (χ1v) is 25.6. The Labute approximate surface area is 411 Å². The van der Waals surface area contributed by atoms with Crippen LogP contribution in [0.2, 0.25) is 0 Å². The maximum Gasteiger partial charge on any atom is 4.00 e. The summed E-state index contributed by atoms with van der Waals surface area (Å²) in [6, 6.07) is 50.8. The average molecular weight is 947 g/mol. The molecule has 0 radical (unpaired) electrons. The van der Waals surface area contributed by atoms with Crippen molar-refractivity contribution in [2.24, 2.45) is 0 Å². The zero-order valence-electron chi connectivity index (χ0n) is 42.1. The third-order valence-electron chi connectivity index (χ3n) is 10.3. The molecule has 65 heavy (non-hydrogen) atoms. The van der Waals surface area contributed by atoms with E-state index in [1.807, 2.05) is 24.3 Å². The van der Waals surface area contributed by atoms with E-state index in [0.29, 0.717) is 0 Å². The van der Waals surface area contributed by atoms with Gasteiger partial charge in [0.2, 0.25) is 0 Å². The average Bonchev–Trinajstić information content (AvgIpc) is 3.19. The Morgan fingerprint density at radius 2 is 0.554 bits per heavy atom. The molecule has 0 aromatic heterocycles. The van der Waals surface area contributed by atoms with Crippen LogP contribution in [-0.4, -0.2) is 12.2 Å². The van der Waals surface area contributed by atoms with Gasteiger partial charge in [-0.25, -0.2) is 0 Å². The smallest absolute Gasteiger partial charge is 0.870 e. The maximum absolute atomic E-state index is 13.7. The van der Waals surface area contributed by atoms with E-state index in [9.17, 15) is 20.4 Å². The second kappa shape index (κ2) is 25.0. The predicted molar refractivity (Wildman–Crippen MR) is 277 cm³/mol. The van der Waals surface area contributed by atoms with Crippen molar-refractivity contribution in [3.63, 3.8) is 0 Å². The minimum absolute atomic E-state index is 0. The minimum atomic E-state index is -1.38. The summed E-state index contributed by atoms with van der Waals surface area (Å²) in [5.74, 6) is 0.421. The summed E-state index contributed by atoms with van der Waals surface area (Å²) in [7, 11) is -2.77. The fourth-order valence-electron chi connectivity index (χ4n) is 6.98. The molecule has 6 aromatic rings. The van der Waals surface area contributed by atoms with E-state index in [-0.39, 0.29) is 54.9 Å². The van der Waals surface area contributed by atoms with Crippen molar-refractivity contribution in [1.82, 2.24) is 0 Å². The molecule has 7 heteroatoms. The monoisotopic (exact) mass is 946 g/mol. The SMILES string of the molecule is CC(C)(C)c1cc([PH+](c2ccccc2)c2ccccc2)c([O-])c(C(C)(C)C)c1.CC(C)(C)c1cc([PH+](c2ccccc2)c2ccccc2)c([O-])c(C(C)(C)C)c1.CC(C)[O-].CC(C)[O-].[Ti+4]. The van der Waals surface area contributed by atoms with Gasteiger partial charge in [-0.2, -0.15) is 0 Å². The minimum Gasteiger partial charge on any atom is -0.870 e.